The van der Waals surface area contributed by atoms with Gasteiger partial charge in [-0.05, 0) is 57.0 Å². The number of nitrogens with zero attached hydrogens (tertiary/aromatic N) is 1. The lowest BCUT2D eigenvalue weighted by Crippen LogP contribution is -2.38. The van der Waals surface area contributed by atoms with Gasteiger partial charge in [0.1, 0.15) is 13.2 Å². The molecule has 0 unspecified atom stereocenters. The van der Waals surface area contributed by atoms with E-state index in [0.717, 1.165) is 53.0 Å². The smallest absolute Gasteiger partial charge is 0.182 e. The van der Waals surface area contributed by atoms with Crippen molar-refractivity contribution in [3.8, 4) is 11.5 Å². The molecule has 5 heteroatoms. The van der Waals surface area contributed by atoms with Crippen LogP contribution in [0.15, 0.2) is 42.5 Å². The highest BCUT2D eigenvalue weighted by Gasteiger charge is 2.35. The number of carbonyl (C=O) groups is 1. The van der Waals surface area contributed by atoms with Crippen molar-refractivity contribution < 1.29 is 14.3 Å². The van der Waals surface area contributed by atoms with Gasteiger partial charge in [0, 0.05) is 28.2 Å². The lowest BCUT2D eigenvalue weighted by atomic mass is 9.98. The second kappa shape index (κ2) is 7.23. The summed E-state index contributed by atoms with van der Waals surface area (Å²) in [6.45, 7) is 6.13. The van der Waals surface area contributed by atoms with Crippen molar-refractivity contribution in [3.05, 3.63) is 59.3 Å². The predicted octanol–water partition coefficient (Wildman–Crippen LogP) is 4.66. The Hall–Kier alpha value is -2.79. The fourth-order valence-corrected chi connectivity index (χ4v) is 4.83. The van der Waals surface area contributed by atoms with Crippen molar-refractivity contribution in [1.29, 1.82) is 0 Å². The molecule has 0 radical (unpaired) electrons. The number of fused-ring (bicyclic) bond motifs is 2. The number of hydrogen-bond donors (Lipinski definition) is 1. The summed E-state index contributed by atoms with van der Waals surface area (Å²) in [5, 5.41) is 1.01. The normalized spacial score (nSPS) is 20.1. The van der Waals surface area contributed by atoms with E-state index in [4.69, 9.17) is 9.47 Å². The van der Waals surface area contributed by atoms with Gasteiger partial charge in [0.25, 0.3) is 0 Å². The summed E-state index contributed by atoms with van der Waals surface area (Å²) in [5.74, 6) is 1.81. The molecular weight excluding hydrogens is 364 g/mol. The molecule has 2 aromatic carbocycles. The van der Waals surface area contributed by atoms with Crippen LogP contribution in [0.5, 0.6) is 11.5 Å². The van der Waals surface area contributed by atoms with Crippen molar-refractivity contribution in [2.24, 2.45) is 0 Å². The summed E-state index contributed by atoms with van der Waals surface area (Å²) in [4.78, 5) is 19.2. The molecule has 1 saturated heterocycles. The van der Waals surface area contributed by atoms with Crippen LogP contribution in [0, 0.1) is 6.92 Å². The van der Waals surface area contributed by atoms with E-state index in [1.165, 1.54) is 5.56 Å². The number of aryl methyl sites for hydroxylation is 1. The van der Waals surface area contributed by atoms with Gasteiger partial charge in [0.2, 0.25) is 0 Å². The Balaban J connectivity index is 1.45. The Morgan fingerprint density at radius 2 is 1.93 bits per heavy atom. The highest BCUT2D eigenvalue weighted by molar-refractivity contribution is 6.11. The maximum Gasteiger partial charge on any atom is 0.182 e. The molecule has 0 amide bonds. The van der Waals surface area contributed by atoms with E-state index in [1.54, 1.807) is 0 Å². The van der Waals surface area contributed by atoms with Crippen LogP contribution >= 0.6 is 0 Å². The fourth-order valence-electron chi connectivity index (χ4n) is 4.83. The predicted molar refractivity (Wildman–Crippen MR) is 113 cm³/mol. The summed E-state index contributed by atoms with van der Waals surface area (Å²) < 4.78 is 11.4. The number of aromatic amines is 1. The minimum atomic E-state index is -0.186. The molecule has 3 aromatic rings. The number of carbonyl (C=O) groups excluding carboxylic acids is 1. The van der Waals surface area contributed by atoms with Gasteiger partial charge >= 0.3 is 0 Å². The highest BCUT2D eigenvalue weighted by Crippen LogP contribution is 2.39. The molecule has 0 bridgehead atoms. The number of Topliss-reactive ketones (excluding diaryl/α,β-unsaturated/α-hetero) is 1. The Kier molecular flexibility index (Phi) is 4.55. The third kappa shape index (κ3) is 3.10. The zero-order chi connectivity index (χ0) is 20.0. The summed E-state index contributed by atoms with van der Waals surface area (Å²) in [6.07, 6.45) is 2.13. The minimum Gasteiger partial charge on any atom is -0.486 e. The lowest BCUT2D eigenvalue weighted by Gasteiger charge is -2.31. The molecule has 2 aliphatic heterocycles. The number of benzene rings is 2. The molecule has 5 rings (SSSR count). The first-order valence-electron chi connectivity index (χ1n) is 10.4. The van der Waals surface area contributed by atoms with Gasteiger partial charge in [-0.3, -0.25) is 9.69 Å². The Labute approximate surface area is 170 Å². The number of likely N-dealkylation sites (tertiary alicyclic amines) is 1. The molecule has 5 nitrogen and oxygen atoms in total. The fraction of sp³-hybridized carbons (Fsp3) is 0.375. The number of hydrogen-bond acceptors (Lipinski definition) is 4. The van der Waals surface area contributed by atoms with Crippen molar-refractivity contribution >= 4 is 16.7 Å². The molecule has 1 N–H and O–H groups in total. The van der Waals surface area contributed by atoms with Crippen molar-refractivity contribution in [1.82, 2.24) is 9.88 Å². The maximum atomic E-state index is 13.5. The van der Waals surface area contributed by atoms with E-state index in [9.17, 15) is 4.79 Å². The highest BCUT2D eigenvalue weighted by atomic mass is 16.6. The molecule has 2 atom stereocenters. The quantitative estimate of drug-likeness (QED) is 0.659. The molecule has 3 heterocycles. The number of ether oxygens (including phenoxy) is 2. The molecule has 150 valence electrons. The van der Waals surface area contributed by atoms with Crippen LogP contribution in [0.1, 0.15) is 47.4 Å². The van der Waals surface area contributed by atoms with E-state index >= 15 is 0 Å². The van der Waals surface area contributed by atoms with E-state index in [2.05, 4.69) is 22.0 Å². The molecule has 1 aromatic heterocycles. The Bertz CT molecular complexity index is 1070. The zero-order valence-corrected chi connectivity index (χ0v) is 16.9. The molecule has 0 spiro atoms. The molecule has 0 aliphatic carbocycles. The third-order valence-electron chi connectivity index (χ3n) is 6.26. The summed E-state index contributed by atoms with van der Waals surface area (Å²) in [5.41, 5.74) is 3.98. The van der Waals surface area contributed by atoms with Gasteiger partial charge in [0.05, 0.1) is 6.04 Å². The Morgan fingerprint density at radius 1 is 1.14 bits per heavy atom. The average molecular weight is 390 g/mol. The van der Waals surface area contributed by atoms with Crippen molar-refractivity contribution in [3.63, 3.8) is 0 Å². The van der Waals surface area contributed by atoms with Gasteiger partial charge in [0.15, 0.2) is 17.3 Å². The first-order chi connectivity index (χ1) is 14.1. The van der Waals surface area contributed by atoms with E-state index in [0.29, 0.717) is 13.2 Å². The molecule has 1 fully saturated rings. The molecular formula is C24H26N2O3. The summed E-state index contributed by atoms with van der Waals surface area (Å²) >= 11 is 0. The van der Waals surface area contributed by atoms with Gasteiger partial charge in [-0.2, -0.15) is 0 Å². The van der Waals surface area contributed by atoms with Crippen molar-refractivity contribution in [2.75, 3.05) is 19.8 Å². The summed E-state index contributed by atoms with van der Waals surface area (Å²) in [7, 11) is 0. The summed E-state index contributed by atoms with van der Waals surface area (Å²) in [6, 6.07) is 14.3. The van der Waals surface area contributed by atoms with Crippen LogP contribution < -0.4 is 9.47 Å². The van der Waals surface area contributed by atoms with Crippen LogP contribution in [0.4, 0.5) is 0 Å². The van der Waals surface area contributed by atoms with E-state index in [1.807, 2.05) is 44.2 Å². The second-order valence-electron chi connectivity index (χ2n) is 8.01. The number of para-hydroxylation sites is 1. The third-order valence-corrected chi connectivity index (χ3v) is 6.26. The first-order valence-corrected chi connectivity index (χ1v) is 10.4. The second-order valence-corrected chi connectivity index (χ2v) is 8.01. The van der Waals surface area contributed by atoms with Crippen LogP contribution in [0.3, 0.4) is 0 Å². The van der Waals surface area contributed by atoms with Crippen LogP contribution in [-0.2, 0) is 0 Å². The Morgan fingerprint density at radius 3 is 2.79 bits per heavy atom. The number of ketones is 1. The van der Waals surface area contributed by atoms with Gasteiger partial charge in [-0.1, -0.05) is 24.3 Å². The van der Waals surface area contributed by atoms with E-state index in [-0.39, 0.29) is 17.9 Å². The number of rotatable bonds is 4. The lowest BCUT2D eigenvalue weighted by molar-refractivity contribution is 0.0820. The molecule has 0 saturated carbocycles. The first kappa shape index (κ1) is 18.3. The van der Waals surface area contributed by atoms with Crippen molar-refractivity contribution in [2.45, 2.75) is 38.8 Å². The van der Waals surface area contributed by atoms with Crippen LogP contribution in [-0.4, -0.2) is 41.5 Å². The topological polar surface area (TPSA) is 54.6 Å². The zero-order valence-electron chi connectivity index (χ0n) is 16.9. The number of nitrogens with one attached hydrogen (secondary N) is 1. The van der Waals surface area contributed by atoms with Crippen LogP contribution in [0.2, 0.25) is 0 Å². The molecule has 29 heavy (non-hydrogen) atoms. The standard InChI is InChI=1S/C24H26N2O3/c1-15-23(18-6-3-4-7-19(18)25-15)24(27)16(2)26-11-5-8-20(26)17-9-10-21-22(14-17)29-13-12-28-21/h3-4,6-7,9-10,14,16,20,25H,5,8,11-13H2,1-2H3/t16-,20-/m1/s1. The average Bonchev–Trinajstić information content (AvgIpc) is 3.36. The van der Waals surface area contributed by atoms with Gasteiger partial charge in [-0.15, -0.1) is 0 Å². The van der Waals surface area contributed by atoms with Gasteiger partial charge < -0.3 is 14.5 Å². The molecule has 2 aliphatic rings. The number of H-pyrrole nitrogens is 1. The van der Waals surface area contributed by atoms with Gasteiger partial charge in [-0.25, -0.2) is 0 Å². The SMILES string of the molecule is Cc1[nH]c2ccccc2c1C(=O)[C@@H](C)N1CCC[C@@H]1c1ccc2c(c1)OCCO2. The van der Waals surface area contributed by atoms with Crippen LogP contribution in [0.25, 0.3) is 10.9 Å². The largest absolute Gasteiger partial charge is 0.486 e. The monoisotopic (exact) mass is 390 g/mol. The maximum absolute atomic E-state index is 13.5. The minimum absolute atomic E-state index is 0.185. The van der Waals surface area contributed by atoms with E-state index < -0.39 is 0 Å². The number of aromatic nitrogens is 1.